The monoisotopic (exact) mass is 195 g/mol. The van der Waals surface area contributed by atoms with Crippen LogP contribution < -0.4 is 4.57 Å². The lowest BCUT2D eigenvalue weighted by Gasteiger charge is -2.29. The van der Waals surface area contributed by atoms with Gasteiger partial charge in [-0.25, -0.2) is 9.13 Å². The summed E-state index contributed by atoms with van der Waals surface area (Å²) in [4.78, 5) is 0. The van der Waals surface area contributed by atoms with Crippen molar-refractivity contribution >= 4 is 0 Å². The molecule has 2 nitrogen and oxygen atoms in total. The largest absolute Gasteiger partial charge is 0.243 e. The van der Waals surface area contributed by atoms with Crippen LogP contribution in [-0.2, 0) is 12.6 Å². The minimum absolute atomic E-state index is 0.194. The van der Waals surface area contributed by atoms with Gasteiger partial charge in [0.05, 0.1) is 7.05 Å². The van der Waals surface area contributed by atoms with Crippen LogP contribution in [0.3, 0.4) is 0 Å². The Bertz CT molecular complexity index is 302. The molecule has 0 saturated heterocycles. The van der Waals surface area contributed by atoms with E-state index in [1.54, 1.807) is 0 Å². The Hall–Kier alpha value is -0.790. The Morgan fingerprint density at radius 3 is 2.07 bits per heavy atom. The third-order valence-corrected chi connectivity index (χ3v) is 2.43. The van der Waals surface area contributed by atoms with Crippen molar-refractivity contribution in [2.75, 3.05) is 0 Å². The lowest BCUT2D eigenvalue weighted by atomic mass is 9.82. The lowest BCUT2D eigenvalue weighted by molar-refractivity contribution is -0.671. The van der Waals surface area contributed by atoms with Gasteiger partial charge in [-0.1, -0.05) is 20.8 Å². The number of aromatic nitrogens is 2. The van der Waals surface area contributed by atoms with Crippen molar-refractivity contribution in [2.24, 2.45) is 12.5 Å². The summed E-state index contributed by atoms with van der Waals surface area (Å²) in [6, 6.07) is 0. The van der Waals surface area contributed by atoms with Gasteiger partial charge >= 0.3 is 0 Å². The van der Waals surface area contributed by atoms with Gasteiger partial charge in [-0.15, -0.1) is 0 Å². The maximum atomic E-state index is 2.29. The fraction of sp³-hybridized carbons (Fsp3) is 0.750. The molecule has 1 aromatic rings. The van der Waals surface area contributed by atoms with E-state index >= 15 is 0 Å². The van der Waals surface area contributed by atoms with E-state index < -0.39 is 0 Å². The van der Waals surface area contributed by atoms with E-state index in [0.29, 0.717) is 5.41 Å². The molecule has 0 fully saturated rings. The molecule has 0 atom stereocenters. The molecular formula is C12H23N2+. The van der Waals surface area contributed by atoms with Gasteiger partial charge in [-0.3, -0.25) is 0 Å². The molecule has 2 heteroatoms. The van der Waals surface area contributed by atoms with E-state index in [0.717, 1.165) is 0 Å². The zero-order chi connectivity index (χ0) is 11.0. The molecule has 0 bridgehead atoms. The van der Waals surface area contributed by atoms with Gasteiger partial charge < -0.3 is 0 Å². The smallest absolute Gasteiger partial charge is 0.240 e. The molecular weight excluding hydrogens is 172 g/mol. The Kier molecular flexibility index (Phi) is 2.75. The molecule has 0 unspecified atom stereocenters. The first kappa shape index (κ1) is 11.3. The second-order valence-electron chi connectivity index (χ2n) is 6.04. The molecule has 0 aliphatic heterocycles. The van der Waals surface area contributed by atoms with Crippen molar-refractivity contribution in [1.29, 1.82) is 0 Å². The molecule has 0 spiro atoms. The highest BCUT2D eigenvalue weighted by molar-refractivity contribution is 4.85. The summed E-state index contributed by atoms with van der Waals surface area (Å²) in [7, 11) is 2.06. The fourth-order valence-corrected chi connectivity index (χ4v) is 2.20. The van der Waals surface area contributed by atoms with E-state index in [1.807, 2.05) is 0 Å². The Morgan fingerprint density at radius 1 is 1.14 bits per heavy atom. The van der Waals surface area contributed by atoms with E-state index in [-0.39, 0.29) is 5.54 Å². The lowest BCUT2D eigenvalue weighted by Crippen LogP contribution is -2.33. The molecule has 14 heavy (non-hydrogen) atoms. The molecule has 0 saturated carbocycles. The van der Waals surface area contributed by atoms with Gasteiger partial charge in [0, 0.05) is 0 Å². The highest BCUT2D eigenvalue weighted by Gasteiger charge is 2.30. The predicted octanol–water partition coefficient (Wildman–Crippen LogP) is 2.48. The first-order valence-corrected chi connectivity index (χ1v) is 5.24. The van der Waals surface area contributed by atoms with Crippen molar-refractivity contribution in [3.63, 3.8) is 0 Å². The summed E-state index contributed by atoms with van der Waals surface area (Å²) in [6.07, 6.45) is 7.55. The van der Waals surface area contributed by atoms with Gasteiger partial charge in [0.15, 0.2) is 0 Å². The van der Waals surface area contributed by atoms with Gasteiger partial charge in [-0.2, -0.15) is 0 Å². The predicted molar refractivity (Wildman–Crippen MR) is 59.0 cm³/mol. The standard InChI is InChI=1S/C12H23N2/c1-11(2,3)9-12(4,5)14-8-7-13(6)10-14/h7-8,10H,9H2,1-6H3/q+1. The Morgan fingerprint density at radius 2 is 1.71 bits per heavy atom. The molecule has 0 aliphatic carbocycles. The van der Waals surface area contributed by atoms with Crippen LogP contribution in [0.2, 0.25) is 0 Å². The fourth-order valence-electron chi connectivity index (χ4n) is 2.20. The van der Waals surface area contributed by atoms with E-state index in [9.17, 15) is 0 Å². The van der Waals surface area contributed by atoms with Crippen molar-refractivity contribution in [3.8, 4) is 0 Å². The average Bonchev–Trinajstić information content (AvgIpc) is 2.29. The zero-order valence-corrected chi connectivity index (χ0v) is 10.3. The van der Waals surface area contributed by atoms with E-state index in [4.69, 9.17) is 0 Å². The van der Waals surface area contributed by atoms with Crippen molar-refractivity contribution < 1.29 is 4.57 Å². The molecule has 0 aliphatic rings. The second-order valence-corrected chi connectivity index (χ2v) is 6.04. The molecule has 0 radical (unpaired) electrons. The van der Waals surface area contributed by atoms with Gasteiger partial charge in [0.2, 0.25) is 6.33 Å². The average molecular weight is 195 g/mol. The third kappa shape index (κ3) is 2.86. The Balaban J connectivity index is 2.85. The first-order valence-electron chi connectivity index (χ1n) is 5.24. The molecule has 0 N–H and O–H groups in total. The van der Waals surface area contributed by atoms with E-state index in [1.165, 1.54) is 6.42 Å². The summed E-state index contributed by atoms with van der Waals surface area (Å²) in [5.74, 6) is 0. The van der Waals surface area contributed by atoms with Crippen molar-refractivity contribution in [2.45, 2.75) is 46.6 Å². The SMILES string of the molecule is C[n+]1ccn(C(C)(C)CC(C)(C)C)c1. The highest BCUT2D eigenvalue weighted by Crippen LogP contribution is 2.31. The van der Waals surface area contributed by atoms with Gasteiger partial charge in [0.25, 0.3) is 0 Å². The quantitative estimate of drug-likeness (QED) is 0.641. The number of rotatable bonds is 2. The molecule has 0 aromatic carbocycles. The molecule has 1 aromatic heterocycles. The van der Waals surface area contributed by atoms with Crippen LogP contribution in [0.15, 0.2) is 18.7 Å². The normalized spacial score (nSPS) is 13.3. The maximum absolute atomic E-state index is 2.29. The van der Waals surface area contributed by atoms with Crippen molar-refractivity contribution in [3.05, 3.63) is 18.7 Å². The van der Waals surface area contributed by atoms with Crippen LogP contribution >= 0.6 is 0 Å². The van der Waals surface area contributed by atoms with Crippen LogP contribution in [0.4, 0.5) is 0 Å². The van der Waals surface area contributed by atoms with Crippen molar-refractivity contribution in [1.82, 2.24) is 4.57 Å². The zero-order valence-electron chi connectivity index (χ0n) is 10.3. The van der Waals surface area contributed by atoms with Gasteiger partial charge in [-0.05, 0) is 25.7 Å². The minimum atomic E-state index is 0.194. The number of nitrogens with zero attached hydrogens (tertiary/aromatic N) is 2. The summed E-state index contributed by atoms with van der Waals surface area (Å²) in [5, 5.41) is 0. The first-order chi connectivity index (χ1) is 6.21. The van der Waals surface area contributed by atoms with Crippen LogP contribution in [-0.4, -0.2) is 4.57 Å². The Labute approximate surface area is 87.6 Å². The summed E-state index contributed by atoms with van der Waals surface area (Å²) < 4.78 is 4.38. The number of imidazole rings is 1. The third-order valence-electron chi connectivity index (χ3n) is 2.43. The van der Waals surface area contributed by atoms with Crippen LogP contribution in [0.25, 0.3) is 0 Å². The van der Waals surface area contributed by atoms with Crippen LogP contribution in [0.5, 0.6) is 0 Å². The molecule has 80 valence electrons. The highest BCUT2D eigenvalue weighted by atomic mass is 15.1. The van der Waals surface area contributed by atoms with E-state index in [2.05, 4.69) is 69.5 Å². The summed E-state index contributed by atoms with van der Waals surface area (Å²) in [6.45, 7) is 11.4. The summed E-state index contributed by atoms with van der Waals surface area (Å²) >= 11 is 0. The molecule has 1 rings (SSSR count). The van der Waals surface area contributed by atoms with Crippen LogP contribution in [0, 0.1) is 5.41 Å². The van der Waals surface area contributed by atoms with Crippen LogP contribution in [0.1, 0.15) is 41.0 Å². The second kappa shape index (κ2) is 3.41. The molecule has 0 amide bonds. The number of hydrogen-bond acceptors (Lipinski definition) is 0. The topological polar surface area (TPSA) is 8.81 Å². The molecule has 1 heterocycles. The maximum Gasteiger partial charge on any atom is 0.243 e. The van der Waals surface area contributed by atoms with Gasteiger partial charge in [0.1, 0.15) is 17.9 Å². The summed E-state index contributed by atoms with van der Waals surface area (Å²) in [5.41, 5.74) is 0.561. The number of hydrogen-bond donors (Lipinski definition) is 0. The minimum Gasteiger partial charge on any atom is -0.240 e. The number of aryl methyl sites for hydroxylation is 1.